The zero-order chi connectivity index (χ0) is 13.9. The van der Waals surface area contributed by atoms with Crippen molar-refractivity contribution in [3.8, 4) is 0 Å². The molecule has 19 heavy (non-hydrogen) atoms. The predicted octanol–water partition coefficient (Wildman–Crippen LogP) is 2.08. The molecule has 0 spiro atoms. The molecule has 2 amide bonds. The monoisotopic (exact) mass is 266 g/mol. The van der Waals surface area contributed by atoms with Gasteiger partial charge in [-0.15, -0.1) is 0 Å². The first-order valence-electron chi connectivity index (χ1n) is 7.69. The number of hydrogen-bond donors (Lipinski definition) is 1. The smallest absolute Gasteiger partial charge is 0.246 e. The van der Waals surface area contributed by atoms with Crippen molar-refractivity contribution in [1.82, 2.24) is 10.2 Å². The molecule has 1 atom stereocenters. The van der Waals surface area contributed by atoms with E-state index < -0.39 is 5.54 Å². The lowest BCUT2D eigenvalue weighted by atomic mass is 9.89. The largest absolute Gasteiger partial charge is 0.345 e. The summed E-state index contributed by atoms with van der Waals surface area (Å²) in [6, 6.07) is 0. The summed E-state index contributed by atoms with van der Waals surface area (Å²) in [5, 5.41) is 2.75. The molecule has 1 aliphatic heterocycles. The molecule has 1 unspecified atom stereocenters. The van der Waals surface area contributed by atoms with Gasteiger partial charge in [0.05, 0.1) is 6.54 Å². The first-order valence-corrected chi connectivity index (χ1v) is 7.69. The Bertz CT molecular complexity index is 352. The number of nitrogens with zero attached hydrogens (tertiary/aromatic N) is 1. The first kappa shape index (κ1) is 14.4. The number of unbranched alkanes of at least 4 members (excludes halogenated alkanes) is 4. The third-order valence-electron chi connectivity index (χ3n) is 4.58. The molecule has 2 fully saturated rings. The molecule has 0 bridgehead atoms. The minimum absolute atomic E-state index is 0.0446. The van der Waals surface area contributed by atoms with Gasteiger partial charge >= 0.3 is 0 Å². The van der Waals surface area contributed by atoms with Gasteiger partial charge in [-0.1, -0.05) is 32.6 Å². The average molecular weight is 266 g/mol. The first-order chi connectivity index (χ1) is 9.10. The summed E-state index contributed by atoms with van der Waals surface area (Å²) in [6.45, 7) is 5.06. The fourth-order valence-electron chi connectivity index (χ4n) is 3.09. The molecule has 2 rings (SSSR count). The molecule has 4 heteroatoms. The summed E-state index contributed by atoms with van der Waals surface area (Å²) in [7, 11) is 0. The maximum Gasteiger partial charge on any atom is 0.246 e. The lowest BCUT2D eigenvalue weighted by molar-refractivity contribution is -0.154. The van der Waals surface area contributed by atoms with E-state index in [0.717, 1.165) is 32.2 Å². The highest BCUT2D eigenvalue weighted by Crippen LogP contribution is 2.44. The number of carbonyl (C=O) groups excluding carboxylic acids is 2. The Labute approximate surface area is 115 Å². The summed E-state index contributed by atoms with van der Waals surface area (Å²) in [5.41, 5.74) is -0.583. The Morgan fingerprint density at radius 3 is 2.53 bits per heavy atom. The van der Waals surface area contributed by atoms with Gasteiger partial charge in [-0.3, -0.25) is 9.59 Å². The molecule has 0 aromatic heterocycles. The van der Waals surface area contributed by atoms with Crippen molar-refractivity contribution in [2.45, 2.75) is 64.3 Å². The van der Waals surface area contributed by atoms with Gasteiger partial charge in [0, 0.05) is 6.54 Å². The normalized spacial score (nSPS) is 27.6. The lowest BCUT2D eigenvalue weighted by Crippen LogP contribution is -2.67. The molecule has 1 saturated carbocycles. The summed E-state index contributed by atoms with van der Waals surface area (Å²) in [6.07, 6.45) is 8.03. The highest BCUT2D eigenvalue weighted by molar-refractivity contribution is 5.98. The topological polar surface area (TPSA) is 49.4 Å². The summed E-state index contributed by atoms with van der Waals surface area (Å²) in [5.74, 6) is 0.500. The van der Waals surface area contributed by atoms with Gasteiger partial charge in [0.2, 0.25) is 11.8 Å². The number of rotatable bonds is 7. The quantitative estimate of drug-likeness (QED) is 0.717. The van der Waals surface area contributed by atoms with Crippen LogP contribution in [0.15, 0.2) is 0 Å². The van der Waals surface area contributed by atoms with Gasteiger partial charge in [0.25, 0.3) is 0 Å². The van der Waals surface area contributed by atoms with Gasteiger partial charge in [-0.25, -0.2) is 0 Å². The number of nitrogens with one attached hydrogen (secondary N) is 1. The molecular formula is C15H26N2O2. The molecule has 4 nitrogen and oxygen atoms in total. The van der Waals surface area contributed by atoms with Crippen LogP contribution in [0.4, 0.5) is 0 Å². The summed E-state index contributed by atoms with van der Waals surface area (Å²) >= 11 is 0. The second kappa shape index (κ2) is 5.93. The van der Waals surface area contributed by atoms with Crippen LogP contribution in [0.1, 0.15) is 58.8 Å². The van der Waals surface area contributed by atoms with Gasteiger partial charge in [0.15, 0.2) is 0 Å². The lowest BCUT2D eigenvalue weighted by Gasteiger charge is -2.44. The number of amides is 2. The van der Waals surface area contributed by atoms with Crippen LogP contribution < -0.4 is 5.32 Å². The predicted molar refractivity (Wildman–Crippen MR) is 74.6 cm³/mol. The average Bonchev–Trinajstić information content (AvgIpc) is 3.22. The molecule has 2 aliphatic rings. The van der Waals surface area contributed by atoms with Crippen LogP contribution in [0.2, 0.25) is 0 Å². The Kier molecular flexibility index (Phi) is 4.48. The van der Waals surface area contributed by atoms with Crippen LogP contribution in [0.25, 0.3) is 0 Å². The standard InChI is InChI=1S/C15H26N2O2/c1-3-4-5-6-7-10-17-13(18)11-16-14(19)15(17,2)12-8-9-12/h12H,3-11H2,1-2H3,(H,16,19). The number of hydrogen-bond acceptors (Lipinski definition) is 2. The van der Waals surface area contributed by atoms with E-state index in [1.54, 1.807) is 0 Å². The second-order valence-electron chi connectivity index (χ2n) is 6.06. The number of piperazine rings is 1. The van der Waals surface area contributed by atoms with Crippen molar-refractivity contribution in [1.29, 1.82) is 0 Å². The maximum atomic E-state index is 12.2. The zero-order valence-corrected chi connectivity index (χ0v) is 12.2. The zero-order valence-electron chi connectivity index (χ0n) is 12.2. The Balaban J connectivity index is 1.93. The Hall–Kier alpha value is -1.06. The van der Waals surface area contributed by atoms with Crippen molar-refractivity contribution in [2.24, 2.45) is 5.92 Å². The SMILES string of the molecule is CCCCCCCN1C(=O)CNC(=O)C1(C)C1CC1. The van der Waals surface area contributed by atoms with E-state index in [9.17, 15) is 9.59 Å². The van der Waals surface area contributed by atoms with Crippen LogP contribution in [0.3, 0.4) is 0 Å². The van der Waals surface area contributed by atoms with E-state index in [4.69, 9.17) is 0 Å². The Morgan fingerprint density at radius 2 is 1.89 bits per heavy atom. The summed E-state index contributed by atoms with van der Waals surface area (Å²) in [4.78, 5) is 26.2. The molecule has 0 aromatic carbocycles. The van der Waals surface area contributed by atoms with Crippen LogP contribution >= 0.6 is 0 Å². The van der Waals surface area contributed by atoms with E-state index in [-0.39, 0.29) is 18.4 Å². The molecular weight excluding hydrogens is 240 g/mol. The summed E-state index contributed by atoms with van der Waals surface area (Å²) < 4.78 is 0. The highest BCUT2D eigenvalue weighted by Gasteiger charge is 2.54. The fourth-order valence-corrected chi connectivity index (χ4v) is 3.09. The van der Waals surface area contributed by atoms with Gasteiger partial charge < -0.3 is 10.2 Å². The van der Waals surface area contributed by atoms with Crippen LogP contribution in [-0.4, -0.2) is 35.3 Å². The highest BCUT2D eigenvalue weighted by atomic mass is 16.2. The molecule has 1 saturated heterocycles. The van der Waals surface area contributed by atoms with E-state index in [2.05, 4.69) is 12.2 Å². The van der Waals surface area contributed by atoms with Crippen LogP contribution in [-0.2, 0) is 9.59 Å². The molecule has 0 aromatic rings. The maximum absolute atomic E-state index is 12.2. The van der Waals surface area contributed by atoms with Crippen molar-refractivity contribution < 1.29 is 9.59 Å². The van der Waals surface area contributed by atoms with Crippen molar-refractivity contribution in [3.63, 3.8) is 0 Å². The van der Waals surface area contributed by atoms with Crippen molar-refractivity contribution in [3.05, 3.63) is 0 Å². The van der Waals surface area contributed by atoms with Gasteiger partial charge in [-0.2, -0.15) is 0 Å². The van der Waals surface area contributed by atoms with Crippen LogP contribution in [0, 0.1) is 5.92 Å². The van der Waals surface area contributed by atoms with E-state index in [1.807, 2.05) is 11.8 Å². The molecule has 1 N–H and O–H groups in total. The minimum Gasteiger partial charge on any atom is -0.345 e. The molecule has 1 aliphatic carbocycles. The van der Waals surface area contributed by atoms with E-state index >= 15 is 0 Å². The molecule has 108 valence electrons. The third kappa shape index (κ3) is 2.93. The van der Waals surface area contributed by atoms with Crippen molar-refractivity contribution >= 4 is 11.8 Å². The molecule has 1 heterocycles. The van der Waals surface area contributed by atoms with E-state index in [1.165, 1.54) is 19.3 Å². The number of carbonyl (C=O) groups is 2. The van der Waals surface area contributed by atoms with Gasteiger partial charge in [-0.05, 0) is 32.1 Å². The second-order valence-corrected chi connectivity index (χ2v) is 6.06. The Morgan fingerprint density at radius 1 is 1.21 bits per heavy atom. The van der Waals surface area contributed by atoms with Crippen molar-refractivity contribution in [2.75, 3.05) is 13.1 Å². The van der Waals surface area contributed by atoms with Gasteiger partial charge in [0.1, 0.15) is 5.54 Å². The minimum atomic E-state index is -0.583. The van der Waals surface area contributed by atoms with E-state index in [0.29, 0.717) is 5.92 Å². The fraction of sp³-hybridized carbons (Fsp3) is 0.867. The van der Waals surface area contributed by atoms with Crippen LogP contribution in [0.5, 0.6) is 0 Å². The molecule has 0 radical (unpaired) electrons. The third-order valence-corrected chi connectivity index (χ3v) is 4.58.